The summed E-state index contributed by atoms with van der Waals surface area (Å²) in [5.74, 6) is -1.15. The molecule has 0 radical (unpaired) electrons. The van der Waals surface area contributed by atoms with Gasteiger partial charge in [0.15, 0.2) is 0 Å². The second kappa shape index (κ2) is 11.7. The van der Waals surface area contributed by atoms with Crippen molar-refractivity contribution in [3.8, 4) is 22.5 Å². The highest BCUT2D eigenvalue weighted by molar-refractivity contribution is 6.29. The van der Waals surface area contributed by atoms with E-state index in [9.17, 15) is 24.7 Å². The summed E-state index contributed by atoms with van der Waals surface area (Å²) >= 11 is 0. The van der Waals surface area contributed by atoms with Crippen LogP contribution in [-0.4, -0.2) is 9.13 Å². The second-order valence-electron chi connectivity index (χ2n) is 15.0. The lowest BCUT2D eigenvalue weighted by molar-refractivity contribution is -0.00230. The SMILES string of the molecule is [2H]c1c([2H])c(-c2c([2H])c([2H])c3c(C4C5CC6CC4CC([2H])(C6)C5)c([2H])c([2H])c([2H])c3c2[2H])c([2H])c(-n2c3c([2H])c([2H])c([2H])c([2H])c3c3c4c5c([2H])c([2H])c([2H])c([2H])c5n(-c5c([2H])c([2H])c6c([2H])c([2H])c([2H])c([2H])c6c5[2H])c4c([2H])c([2H])c32)c1[2H]. The Hall–Kier alpha value is -6.12. The predicted octanol–water partition coefficient (Wildman–Crippen LogP) is 14.4. The van der Waals surface area contributed by atoms with Crippen molar-refractivity contribution in [1.29, 1.82) is 0 Å². The summed E-state index contributed by atoms with van der Waals surface area (Å²) in [5, 5.41) is -3.72. The molecule has 4 fully saturated rings. The Morgan fingerprint density at radius 2 is 1.05 bits per heavy atom. The number of nitrogens with zero attached hydrogens (tertiary/aromatic N) is 2. The molecular formula is C54H42N2. The molecule has 268 valence electrons. The molecule has 0 N–H and O–H groups in total. The van der Waals surface area contributed by atoms with Gasteiger partial charge in [-0.1, -0.05) is 109 Å². The Morgan fingerprint density at radius 1 is 0.429 bits per heavy atom. The zero-order chi connectivity index (χ0) is 60.9. The second-order valence-corrected chi connectivity index (χ2v) is 15.0. The summed E-state index contributed by atoms with van der Waals surface area (Å²) in [6.07, 6.45) is 3.16. The van der Waals surface area contributed by atoms with E-state index in [1.54, 1.807) is 0 Å². The number of rotatable bonds is 4. The number of fused-ring (bicyclic) bond motifs is 9. The molecule has 2 nitrogen and oxygen atoms in total. The zero-order valence-corrected chi connectivity index (χ0v) is 29.2. The number of hydrogen-bond donors (Lipinski definition) is 0. The minimum absolute atomic E-state index is 0.124. The molecule has 2 heterocycles. The Balaban J connectivity index is 1.20. The van der Waals surface area contributed by atoms with Crippen LogP contribution in [0.2, 0.25) is 0 Å². The summed E-state index contributed by atoms with van der Waals surface area (Å²) in [7, 11) is 0. The standard InChI is InChI=1S/C54H42N2/c1-2-10-36-31-43(21-19-35(36)9-1)56-49-18-6-4-15-47(49)54-51(56)24-23-50-53(54)46-14-3-5-17-48(46)55(50)42-13-7-11-37(32-42)38-20-22-44-39(30-38)12-8-16-45(44)52-40-26-33-25-34(28-40)29-41(52)27-33/h1-24,30-34,40-41,52H,25-29H2/i1D,2D,3D,4D,5D,6D,7D,8D,9D,10D,11D,12D,13D,14D,15D,16D,17D,18D,19D,20D,21D,22D,23D,24D,30D,31D,32D,33D. The Morgan fingerprint density at radius 3 is 1.79 bits per heavy atom. The molecule has 2 heteroatoms. The molecule has 2 atom stereocenters. The summed E-state index contributed by atoms with van der Waals surface area (Å²) < 4.78 is 261. The average molecular weight is 747 g/mol. The smallest absolute Gasteiger partial charge is 0.0651 e. The molecule has 14 rings (SSSR count). The molecule has 4 bridgehead atoms. The van der Waals surface area contributed by atoms with Crippen molar-refractivity contribution in [3.63, 3.8) is 0 Å². The van der Waals surface area contributed by atoms with Gasteiger partial charge in [0.25, 0.3) is 0 Å². The first-order valence-electron chi connectivity index (χ1n) is 32.5. The predicted molar refractivity (Wildman–Crippen MR) is 235 cm³/mol. The van der Waals surface area contributed by atoms with Crippen molar-refractivity contribution >= 4 is 65.2 Å². The molecule has 0 amide bonds. The van der Waals surface area contributed by atoms with E-state index in [4.69, 9.17) is 13.7 Å². The van der Waals surface area contributed by atoms with Crippen molar-refractivity contribution in [2.75, 3.05) is 0 Å². The third-order valence-electron chi connectivity index (χ3n) is 12.1. The highest BCUT2D eigenvalue weighted by Crippen LogP contribution is 2.60. The number of hydrogen-bond acceptors (Lipinski definition) is 0. The summed E-state index contributed by atoms with van der Waals surface area (Å²) in [6, 6.07) is -22.8. The van der Waals surface area contributed by atoms with Gasteiger partial charge in [0.1, 0.15) is 0 Å². The minimum Gasteiger partial charge on any atom is -0.309 e. The van der Waals surface area contributed by atoms with Crippen LogP contribution in [0.5, 0.6) is 0 Å². The van der Waals surface area contributed by atoms with Crippen molar-refractivity contribution in [2.45, 2.75) is 38.0 Å². The molecule has 0 spiro atoms. The first kappa shape index (κ1) is 14.8. The summed E-state index contributed by atoms with van der Waals surface area (Å²) in [4.78, 5) is 0. The van der Waals surface area contributed by atoms with E-state index in [0.717, 1.165) is 28.4 Å². The lowest BCUT2D eigenvalue weighted by Gasteiger charge is -2.54. The van der Waals surface area contributed by atoms with Crippen molar-refractivity contribution < 1.29 is 38.4 Å². The molecule has 4 aliphatic rings. The van der Waals surface area contributed by atoms with E-state index in [1.807, 2.05) is 0 Å². The van der Waals surface area contributed by atoms with Gasteiger partial charge in [-0.2, -0.15) is 0 Å². The van der Waals surface area contributed by atoms with Gasteiger partial charge in [-0.15, -0.1) is 0 Å². The third-order valence-corrected chi connectivity index (χ3v) is 12.1. The third kappa shape index (κ3) is 4.44. The van der Waals surface area contributed by atoms with Gasteiger partial charge in [-0.05, 0) is 154 Å². The fourth-order valence-electron chi connectivity index (χ4n) is 10.1. The van der Waals surface area contributed by atoms with E-state index in [1.165, 1.54) is 0 Å². The Kier molecular flexibility index (Phi) is 3.08. The number of benzene rings is 8. The highest BCUT2D eigenvalue weighted by Gasteiger charge is 2.48. The fraction of sp³-hybridized carbons (Fsp3) is 0.185. The van der Waals surface area contributed by atoms with E-state index in [-0.39, 0.29) is 40.1 Å². The molecule has 8 aromatic carbocycles. The molecular weight excluding hydrogens is 677 g/mol. The molecule has 2 unspecified atom stereocenters. The van der Waals surface area contributed by atoms with Crippen molar-refractivity contribution in [2.24, 2.45) is 23.6 Å². The van der Waals surface area contributed by atoms with Crippen LogP contribution >= 0.6 is 0 Å². The largest absolute Gasteiger partial charge is 0.309 e. The van der Waals surface area contributed by atoms with Gasteiger partial charge in [0.05, 0.1) is 59.1 Å². The highest BCUT2D eigenvalue weighted by atomic mass is 15.0. The average Bonchev–Trinajstić information content (AvgIpc) is 2.07. The quantitative estimate of drug-likeness (QED) is 0.170. The maximum Gasteiger partial charge on any atom is 0.0651 e. The van der Waals surface area contributed by atoms with Crippen LogP contribution in [0.3, 0.4) is 0 Å². The monoisotopic (exact) mass is 747 g/mol. The zero-order valence-electron chi connectivity index (χ0n) is 57.2. The molecule has 2 aromatic heterocycles. The van der Waals surface area contributed by atoms with Crippen LogP contribution < -0.4 is 0 Å². The van der Waals surface area contributed by atoms with E-state index in [2.05, 4.69) is 0 Å². The van der Waals surface area contributed by atoms with Crippen LogP contribution in [0.15, 0.2) is 163 Å². The van der Waals surface area contributed by atoms with Crippen LogP contribution in [0.4, 0.5) is 0 Å². The van der Waals surface area contributed by atoms with Crippen molar-refractivity contribution in [3.05, 3.63) is 169 Å². The molecule has 4 saturated carbocycles. The summed E-state index contributed by atoms with van der Waals surface area (Å²) in [5.41, 5.74) is -5.39. The number of aromatic nitrogens is 2. The van der Waals surface area contributed by atoms with Crippen LogP contribution in [0.1, 0.15) is 82.0 Å². The molecule has 4 aliphatic carbocycles. The number of para-hydroxylation sites is 2. The van der Waals surface area contributed by atoms with Crippen molar-refractivity contribution in [1.82, 2.24) is 9.13 Å². The first-order chi connectivity index (χ1) is 39.3. The van der Waals surface area contributed by atoms with Gasteiger partial charge in [-0.3, -0.25) is 0 Å². The molecule has 0 saturated heterocycles. The van der Waals surface area contributed by atoms with Gasteiger partial charge in [0, 0.05) is 34.3 Å². The van der Waals surface area contributed by atoms with Crippen LogP contribution in [-0.2, 0) is 0 Å². The van der Waals surface area contributed by atoms with Crippen LogP contribution in [0, 0.1) is 23.6 Å². The summed E-state index contributed by atoms with van der Waals surface area (Å²) in [6.45, 7) is 0. The fourth-order valence-corrected chi connectivity index (χ4v) is 10.1. The van der Waals surface area contributed by atoms with E-state index in [0.29, 0.717) is 12.8 Å². The maximum absolute atomic E-state index is 10.1. The Bertz CT molecular complexity index is 4830. The first-order valence-corrected chi connectivity index (χ1v) is 18.5. The normalized spacial score (nSPS) is 30.1. The minimum atomic E-state index is -1.01. The molecule has 56 heavy (non-hydrogen) atoms. The van der Waals surface area contributed by atoms with Gasteiger partial charge in [-0.25, -0.2) is 0 Å². The van der Waals surface area contributed by atoms with Gasteiger partial charge < -0.3 is 9.13 Å². The lowest BCUT2D eigenvalue weighted by Crippen LogP contribution is -2.43. The van der Waals surface area contributed by atoms with Gasteiger partial charge >= 0.3 is 0 Å². The maximum atomic E-state index is 10.1. The molecule has 10 aromatic rings. The Labute approximate surface area is 366 Å². The van der Waals surface area contributed by atoms with E-state index < -0.39 is 246 Å². The lowest BCUT2D eigenvalue weighted by atomic mass is 9.50. The van der Waals surface area contributed by atoms with E-state index >= 15 is 0 Å². The molecule has 0 aliphatic heterocycles. The topological polar surface area (TPSA) is 9.86 Å². The van der Waals surface area contributed by atoms with Crippen LogP contribution in [0.25, 0.3) is 87.7 Å². The van der Waals surface area contributed by atoms with Gasteiger partial charge in [0.2, 0.25) is 0 Å².